The summed E-state index contributed by atoms with van der Waals surface area (Å²) in [7, 11) is 0. The zero-order chi connectivity index (χ0) is 14.4. The number of amides is 1. The van der Waals surface area contributed by atoms with E-state index in [0.29, 0.717) is 18.6 Å². The van der Waals surface area contributed by atoms with Crippen LogP contribution in [-0.4, -0.2) is 49.1 Å². The summed E-state index contributed by atoms with van der Waals surface area (Å²) in [6.45, 7) is 8.27. The van der Waals surface area contributed by atoms with Gasteiger partial charge in [-0.05, 0) is 64.6 Å². The Morgan fingerprint density at radius 2 is 2.10 bits per heavy atom. The number of carbonyl (C=O) groups excluding carboxylic acids is 1. The van der Waals surface area contributed by atoms with Gasteiger partial charge in [-0.1, -0.05) is 13.3 Å². The molecule has 4 heteroatoms. The smallest absolute Gasteiger partial charge is 0.234 e. The summed E-state index contributed by atoms with van der Waals surface area (Å²) in [5.41, 5.74) is 0. The van der Waals surface area contributed by atoms with E-state index < -0.39 is 0 Å². The number of piperidine rings is 1. The standard InChI is InChI=1S/C16H31N3O/c1-3-5-13(2)18-16(20)12-19-11-4-6-15(19)14-7-9-17-10-8-14/h13-15,17H,3-12H2,1-2H3,(H,18,20). The molecule has 2 aliphatic heterocycles. The lowest BCUT2D eigenvalue weighted by Crippen LogP contribution is -2.46. The van der Waals surface area contributed by atoms with Crippen LogP contribution in [0.3, 0.4) is 0 Å². The van der Waals surface area contributed by atoms with Gasteiger partial charge in [-0.15, -0.1) is 0 Å². The van der Waals surface area contributed by atoms with Crippen molar-refractivity contribution in [2.45, 2.75) is 64.5 Å². The molecule has 20 heavy (non-hydrogen) atoms. The molecule has 4 nitrogen and oxygen atoms in total. The molecule has 2 heterocycles. The summed E-state index contributed by atoms with van der Waals surface area (Å²) in [6, 6.07) is 0.955. The van der Waals surface area contributed by atoms with Crippen molar-refractivity contribution >= 4 is 5.91 Å². The molecule has 116 valence electrons. The molecule has 2 unspecified atom stereocenters. The van der Waals surface area contributed by atoms with Gasteiger partial charge in [0.2, 0.25) is 5.91 Å². The minimum Gasteiger partial charge on any atom is -0.353 e. The third kappa shape index (κ3) is 4.45. The fourth-order valence-electron chi connectivity index (χ4n) is 3.82. The first kappa shape index (κ1) is 15.8. The molecule has 2 fully saturated rings. The van der Waals surface area contributed by atoms with E-state index in [1.54, 1.807) is 0 Å². The average molecular weight is 281 g/mol. The van der Waals surface area contributed by atoms with Crippen molar-refractivity contribution in [3.8, 4) is 0 Å². The first-order valence-electron chi connectivity index (χ1n) is 8.44. The van der Waals surface area contributed by atoms with Crippen molar-refractivity contribution in [3.05, 3.63) is 0 Å². The van der Waals surface area contributed by atoms with Gasteiger partial charge in [-0.25, -0.2) is 0 Å². The number of carbonyl (C=O) groups is 1. The number of hydrogen-bond acceptors (Lipinski definition) is 3. The van der Waals surface area contributed by atoms with E-state index >= 15 is 0 Å². The van der Waals surface area contributed by atoms with Crippen LogP contribution in [-0.2, 0) is 4.79 Å². The third-order valence-electron chi connectivity index (χ3n) is 4.82. The molecular weight excluding hydrogens is 250 g/mol. The Bertz CT molecular complexity index is 302. The zero-order valence-corrected chi connectivity index (χ0v) is 13.2. The molecular formula is C16H31N3O. The molecule has 2 atom stereocenters. The Hall–Kier alpha value is -0.610. The Morgan fingerprint density at radius 1 is 1.35 bits per heavy atom. The largest absolute Gasteiger partial charge is 0.353 e. The molecule has 0 spiro atoms. The molecule has 0 bridgehead atoms. The van der Waals surface area contributed by atoms with Gasteiger partial charge < -0.3 is 10.6 Å². The molecule has 0 aromatic heterocycles. The fraction of sp³-hybridized carbons (Fsp3) is 0.938. The van der Waals surface area contributed by atoms with Crippen LogP contribution >= 0.6 is 0 Å². The van der Waals surface area contributed by atoms with Crippen LogP contribution in [0.1, 0.15) is 52.4 Å². The van der Waals surface area contributed by atoms with Gasteiger partial charge in [0.1, 0.15) is 0 Å². The van der Waals surface area contributed by atoms with E-state index in [1.165, 1.54) is 25.7 Å². The predicted molar refractivity (Wildman–Crippen MR) is 82.7 cm³/mol. The van der Waals surface area contributed by atoms with E-state index in [2.05, 4.69) is 29.4 Å². The number of rotatable bonds is 6. The molecule has 0 radical (unpaired) electrons. The topological polar surface area (TPSA) is 44.4 Å². The number of hydrogen-bond donors (Lipinski definition) is 2. The number of nitrogens with zero attached hydrogens (tertiary/aromatic N) is 1. The Kier molecular flexibility index (Phi) is 6.30. The lowest BCUT2D eigenvalue weighted by atomic mass is 9.89. The maximum atomic E-state index is 12.1. The van der Waals surface area contributed by atoms with Gasteiger partial charge in [-0.3, -0.25) is 9.69 Å². The van der Waals surface area contributed by atoms with Crippen molar-refractivity contribution in [1.82, 2.24) is 15.5 Å². The normalized spacial score (nSPS) is 26.6. The zero-order valence-electron chi connectivity index (χ0n) is 13.2. The average Bonchev–Trinajstić information content (AvgIpc) is 2.87. The van der Waals surface area contributed by atoms with E-state index in [0.717, 1.165) is 38.4 Å². The van der Waals surface area contributed by atoms with E-state index in [4.69, 9.17) is 0 Å². The molecule has 2 saturated heterocycles. The van der Waals surface area contributed by atoms with Crippen molar-refractivity contribution in [1.29, 1.82) is 0 Å². The van der Waals surface area contributed by atoms with Crippen LogP contribution in [0.15, 0.2) is 0 Å². The molecule has 0 aliphatic carbocycles. The predicted octanol–water partition coefficient (Wildman–Crippen LogP) is 1.76. The summed E-state index contributed by atoms with van der Waals surface area (Å²) in [5, 5.41) is 6.57. The van der Waals surface area contributed by atoms with Crippen molar-refractivity contribution < 1.29 is 4.79 Å². The lowest BCUT2D eigenvalue weighted by Gasteiger charge is -2.34. The molecule has 2 N–H and O–H groups in total. The Balaban J connectivity index is 1.79. The van der Waals surface area contributed by atoms with Crippen LogP contribution < -0.4 is 10.6 Å². The quantitative estimate of drug-likeness (QED) is 0.780. The van der Waals surface area contributed by atoms with Crippen LogP contribution in [0.2, 0.25) is 0 Å². The first-order chi connectivity index (χ1) is 9.70. The highest BCUT2D eigenvalue weighted by Crippen LogP contribution is 2.29. The molecule has 0 aromatic rings. The molecule has 2 aliphatic rings. The van der Waals surface area contributed by atoms with E-state index in [-0.39, 0.29) is 5.91 Å². The van der Waals surface area contributed by atoms with Crippen molar-refractivity contribution in [2.24, 2.45) is 5.92 Å². The summed E-state index contributed by atoms with van der Waals surface area (Å²) in [5.74, 6) is 1.01. The maximum Gasteiger partial charge on any atom is 0.234 e. The van der Waals surface area contributed by atoms with E-state index in [9.17, 15) is 4.79 Å². The van der Waals surface area contributed by atoms with Crippen LogP contribution in [0.4, 0.5) is 0 Å². The first-order valence-corrected chi connectivity index (χ1v) is 8.44. The van der Waals surface area contributed by atoms with Gasteiger partial charge in [-0.2, -0.15) is 0 Å². The van der Waals surface area contributed by atoms with Crippen LogP contribution in [0.5, 0.6) is 0 Å². The van der Waals surface area contributed by atoms with Gasteiger partial charge >= 0.3 is 0 Å². The third-order valence-corrected chi connectivity index (χ3v) is 4.82. The second kappa shape index (κ2) is 7.99. The number of nitrogens with one attached hydrogen (secondary N) is 2. The SMILES string of the molecule is CCCC(C)NC(=O)CN1CCCC1C1CCNCC1. The molecule has 0 aromatic carbocycles. The van der Waals surface area contributed by atoms with Crippen molar-refractivity contribution in [3.63, 3.8) is 0 Å². The Labute approximate surface area is 123 Å². The van der Waals surface area contributed by atoms with Gasteiger partial charge in [0.25, 0.3) is 0 Å². The minimum absolute atomic E-state index is 0.215. The van der Waals surface area contributed by atoms with Crippen LogP contribution in [0.25, 0.3) is 0 Å². The monoisotopic (exact) mass is 281 g/mol. The van der Waals surface area contributed by atoms with Gasteiger partial charge in [0.15, 0.2) is 0 Å². The second-order valence-corrected chi connectivity index (χ2v) is 6.52. The Morgan fingerprint density at radius 3 is 2.80 bits per heavy atom. The molecule has 1 amide bonds. The van der Waals surface area contributed by atoms with Gasteiger partial charge in [0, 0.05) is 12.1 Å². The summed E-state index contributed by atoms with van der Waals surface area (Å²) in [4.78, 5) is 14.6. The minimum atomic E-state index is 0.215. The summed E-state index contributed by atoms with van der Waals surface area (Å²) < 4.78 is 0. The van der Waals surface area contributed by atoms with Crippen molar-refractivity contribution in [2.75, 3.05) is 26.2 Å². The molecule has 0 saturated carbocycles. The summed E-state index contributed by atoms with van der Waals surface area (Å²) >= 11 is 0. The highest BCUT2D eigenvalue weighted by molar-refractivity contribution is 5.78. The maximum absolute atomic E-state index is 12.1. The van der Waals surface area contributed by atoms with E-state index in [1.807, 2.05) is 0 Å². The van der Waals surface area contributed by atoms with Gasteiger partial charge in [0.05, 0.1) is 6.54 Å². The highest BCUT2D eigenvalue weighted by atomic mass is 16.2. The molecule has 2 rings (SSSR count). The van der Waals surface area contributed by atoms with Crippen LogP contribution in [0, 0.1) is 5.92 Å². The highest BCUT2D eigenvalue weighted by Gasteiger charge is 2.33. The fourth-order valence-corrected chi connectivity index (χ4v) is 3.82. The number of likely N-dealkylation sites (tertiary alicyclic amines) is 1. The second-order valence-electron chi connectivity index (χ2n) is 6.52. The summed E-state index contributed by atoms with van der Waals surface area (Å²) in [6.07, 6.45) is 7.28. The lowest BCUT2D eigenvalue weighted by molar-refractivity contribution is -0.123.